The smallest absolute Gasteiger partial charge is 0.256 e. The summed E-state index contributed by atoms with van der Waals surface area (Å²) < 4.78 is 0. The van der Waals surface area contributed by atoms with Crippen molar-refractivity contribution in [3.8, 4) is 12.3 Å². The van der Waals surface area contributed by atoms with Crippen LogP contribution in [0.25, 0.3) is 21.9 Å². The first-order valence-electron chi connectivity index (χ1n) is 15.4. The standard InChI is InChI=1S/C37H44N2O2/c1-6-10-12-16-28(9-4)39-36(40)33(17-11-7-2)35-24-26(20-21-34(35)37(39)41)29-22-23-30(27(15-8-3)25-38-5)32-19-14-13-18-31(29)32/h3,13-15,18-23,25,28,33,35H,6-7,9-12,16-17,24H2,1-2,4-5H3/b27-15+,38-25?. The van der Waals surface area contributed by atoms with Crippen molar-refractivity contribution in [1.82, 2.24) is 4.90 Å². The minimum atomic E-state index is -0.167. The van der Waals surface area contributed by atoms with Crippen LogP contribution in [0.1, 0.15) is 89.7 Å². The molecule has 0 spiro atoms. The molecule has 2 amide bonds. The highest BCUT2D eigenvalue weighted by atomic mass is 16.2. The zero-order chi connectivity index (χ0) is 29.4. The summed E-state index contributed by atoms with van der Waals surface area (Å²) in [6, 6.07) is 12.6. The number of allylic oxidation sites excluding steroid dienone is 5. The van der Waals surface area contributed by atoms with E-state index in [1.807, 2.05) is 12.1 Å². The predicted molar refractivity (Wildman–Crippen MR) is 172 cm³/mol. The van der Waals surface area contributed by atoms with Crippen LogP contribution in [0.3, 0.4) is 0 Å². The second-order valence-electron chi connectivity index (χ2n) is 11.3. The van der Waals surface area contributed by atoms with Crippen LogP contribution in [0, 0.1) is 24.2 Å². The van der Waals surface area contributed by atoms with E-state index in [0.717, 1.165) is 84.4 Å². The Morgan fingerprint density at radius 1 is 1.05 bits per heavy atom. The number of rotatable bonds is 12. The summed E-state index contributed by atoms with van der Waals surface area (Å²) in [7, 11) is 1.74. The van der Waals surface area contributed by atoms with E-state index >= 15 is 0 Å². The molecule has 0 aromatic heterocycles. The molecule has 2 aromatic carbocycles. The molecule has 214 valence electrons. The van der Waals surface area contributed by atoms with E-state index in [0.29, 0.717) is 6.42 Å². The first-order chi connectivity index (χ1) is 20.0. The molecule has 0 radical (unpaired) electrons. The maximum absolute atomic E-state index is 14.1. The molecule has 3 unspecified atom stereocenters. The van der Waals surface area contributed by atoms with E-state index in [4.69, 9.17) is 6.42 Å². The van der Waals surface area contributed by atoms with E-state index in [1.54, 1.807) is 24.2 Å². The number of carbonyl (C=O) groups excluding carboxylic acids is 2. The highest BCUT2D eigenvalue weighted by Gasteiger charge is 2.47. The Kier molecular flexibility index (Phi) is 10.5. The molecule has 0 saturated carbocycles. The number of nitrogens with zero attached hydrogens (tertiary/aromatic N) is 2. The molecule has 41 heavy (non-hydrogen) atoms. The van der Waals surface area contributed by atoms with Gasteiger partial charge in [-0.15, -0.1) is 6.42 Å². The molecule has 4 rings (SSSR count). The summed E-state index contributed by atoms with van der Waals surface area (Å²) in [5, 5.41) is 2.23. The number of hydrogen-bond acceptors (Lipinski definition) is 3. The maximum atomic E-state index is 14.1. The van der Waals surface area contributed by atoms with E-state index in [1.165, 1.54) is 5.57 Å². The lowest BCUT2D eigenvalue weighted by atomic mass is 9.71. The number of piperidine rings is 1. The molecular weight excluding hydrogens is 504 g/mol. The normalized spacial score (nSPS) is 20.2. The van der Waals surface area contributed by atoms with Gasteiger partial charge in [0.1, 0.15) is 0 Å². The van der Waals surface area contributed by atoms with Crippen molar-refractivity contribution in [3.63, 3.8) is 0 Å². The first kappa shape index (κ1) is 30.3. The summed E-state index contributed by atoms with van der Waals surface area (Å²) >= 11 is 0. The number of terminal acetylenes is 1. The van der Waals surface area contributed by atoms with Crippen molar-refractivity contribution < 1.29 is 9.59 Å². The molecule has 4 heteroatoms. The van der Waals surface area contributed by atoms with Crippen molar-refractivity contribution in [2.45, 2.75) is 84.6 Å². The van der Waals surface area contributed by atoms with Gasteiger partial charge < -0.3 is 0 Å². The second-order valence-corrected chi connectivity index (χ2v) is 11.3. The average Bonchev–Trinajstić information content (AvgIpc) is 2.99. The van der Waals surface area contributed by atoms with Crippen LogP contribution >= 0.6 is 0 Å². The molecule has 1 heterocycles. The number of hydrogen-bond donors (Lipinski definition) is 0. The van der Waals surface area contributed by atoms with Crippen LogP contribution in [0.2, 0.25) is 0 Å². The fourth-order valence-corrected chi connectivity index (χ4v) is 6.59. The Balaban J connectivity index is 1.77. The zero-order valence-corrected chi connectivity index (χ0v) is 25.2. The van der Waals surface area contributed by atoms with Gasteiger partial charge in [-0.05, 0) is 59.2 Å². The molecule has 3 atom stereocenters. The number of unbranched alkanes of at least 4 members (excludes halogenated alkanes) is 3. The van der Waals surface area contributed by atoms with Crippen LogP contribution in [0.4, 0.5) is 0 Å². The summed E-state index contributed by atoms with van der Waals surface area (Å²) in [4.78, 5) is 33.8. The summed E-state index contributed by atoms with van der Waals surface area (Å²) in [5.74, 6) is 2.35. The zero-order valence-electron chi connectivity index (χ0n) is 25.2. The van der Waals surface area contributed by atoms with E-state index in [-0.39, 0.29) is 29.7 Å². The van der Waals surface area contributed by atoms with Crippen LogP contribution in [0.5, 0.6) is 0 Å². The molecule has 1 saturated heterocycles. The number of likely N-dealkylation sites (tertiary alicyclic amines) is 1. The fourth-order valence-electron chi connectivity index (χ4n) is 6.59. The minimum absolute atomic E-state index is 0.0219. The molecule has 1 fully saturated rings. The van der Waals surface area contributed by atoms with Crippen molar-refractivity contribution in [3.05, 3.63) is 71.3 Å². The lowest BCUT2D eigenvalue weighted by Crippen LogP contribution is -2.55. The van der Waals surface area contributed by atoms with E-state index in [9.17, 15) is 9.59 Å². The summed E-state index contributed by atoms with van der Waals surface area (Å²) in [5.41, 5.74) is 5.04. The lowest BCUT2D eigenvalue weighted by molar-refractivity contribution is -0.153. The van der Waals surface area contributed by atoms with Gasteiger partial charge in [0.15, 0.2) is 0 Å². The molecule has 0 N–H and O–H groups in total. The summed E-state index contributed by atoms with van der Waals surface area (Å²) in [6.45, 7) is 6.45. The van der Waals surface area contributed by atoms with Gasteiger partial charge >= 0.3 is 0 Å². The topological polar surface area (TPSA) is 49.7 Å². The van der Waals surface area contributed by atoms with Crippen LogP contribution in [-0.2, 0) is 9.59 Å². The lowest BCUT2D eigenvalue weighted by Gasteiger charge is -2.43. The monoisotopic (exact) mass is 548 g/mol. The second kappa shape index (κ2) is 14.3. The number of benzene rings is 2. The maximum Gasteiger partial charge on any atom is 0.256 e. The molecule has 2 aromatic rings. The Bertz CT molecular complexity index is 1430. The third-order valence-electron chi connectivity index (χ3n) is 8.74. The highest BCUT2D eigenvalue weighted by molar-refractivity contribution is 6.16. The number of carbonyl (C=O) groups is 2. The number of amides is 2. The van der Waals surface area contributed by atoms with Gasteiger partial charge in [-0.2, -0.15) is 0 Å². The van der Waals surface area contributed by atoms with Gasteiger partial charge in [0.05, 0.1) is 0 Å². The third kappa shape index (κ3) is 6.30. The van der Waals surface area contributed by atoms with Crippen LogP contribution in [0.15, 0.2) is 65.2 Å². The Morgan fingerprint density at radius 2 is 1.80 bits per heavy atom. The highest BCUT2D eigenvalue weighted by Crippen LogP contribution is 2.45. The van der Waals surface area contributed by atoms with Gasteiger partial charge in [0.25, 0.3) is 5.91 Å². The van der Waals surface area contributed by atoms with Gasteiger partial charge in [-0.25, -0.2) is 0 Å². The van der Waals surface area contributed by atoms with Gasteiger partial charge in [-0.1, -0.05) is 107 Å². The van der Waals surface area contributed by atoms with Gasteiger partial charge in [0, 0.05) is 42.3 Å². The minimum Gasteiger partial charge on any atom is -0.296 e. The van der Waals surface area contributed by atoms with Crippen LogP contribution < -0.4 is 0 Å². The largest absolute Gasteiger partial charge is 0.296 e. The molecular formula is C37H44N2O2. The number of imide groups is 1. The predicted octanol–water partition coefficient (Wildman–Crippen LogP) is 8.42. The first-order valence-corrected chi connectivity index (χ1v) is 15.4. The van der Waals surface area contributed by atoms with Crippen molar-refractivity contribution in [2.24, 2.45) is 16.8 Å². The third-order valence-corrected chi connectivity index (χ3v) is 8.74. The molecule has 2 aliphatic rings. The van der Waals surface area contributed by atoms with Gasteiger partial charge in [0.2, 0.25) is 5.91 Å². The molecule has 1 aliphatic carbocycles. The molecule has 4 nitrogen and oxygen atoms in total. The Labute approximate surface area is 246 Å². The van der Waals surface area contributed by atoms with E-state index < -0.39 is 0 Å². The van der Waals surface area contributed by atoms with Crippen molar-refractivity contribution in [2.75, 3.05) is 7.05 Å². The quantitative estimate of drug-likeness (QED) is 0.116. The van der Waals surface area contributed by atoms with Gasteiger partial charge in [-0.3, -0.25) is 19.5 Å². The van der Waals surface area contributed by atoms with Crippen LogP contribution in [-0.4, -0.2) is 36.0 Å². The molecule has 0 bridgehead atoms. The average molecular weight is 549 g/mol. The van der Waals surface area contributed by atoms with E-state index in [2.05, 4.69) is 68.1 Å². The van der Waals surface area contributed by atoms with Crippen molar-refractivity contribution in [1.29, 1.82) is 0 Å². The fraction of sp³-hybridized carbons (Fsp3) is 0.432. The number of fused-ring (bicyclic) bond motifs is 2. The summed E-state index contributed by atoms with van der Waals surface area (Å²) in [6.07, 6.45) is 21.8. The number of aliphatic imine (C=N–C) groups is 1. The Morgan fingerprint density at radius 3 is 2.49 bits per heavy atom. The SMILES string of the molecule is C#C/C=C(\C=NC)c1ccc(C2=CC=C3C(=O)N(C(CC)CCCCC)C(=O)C(CCCC)C3C2)c2ccccc12. The van der Waals surface area contributed by atoms with Crippen molar-refractivity contribution >= 4 is 39.9 Å². The Hall–Kier alpha value is -3.71. The molecule has 1 aliphatic heterocycles.